The Labute approximate surface area is 187 Å². The van der Waals surface area contributed by atoms with Crippen LogP contribution in [0.5, 0.6) is 17.2 Å². The van der Waals surface area contributed by atoms with Crippen molar-refractivity contribution < 1.29 is 19.0 Å². The zero-order valence-electron chi connectivity index (χ0n) is 19.6. The third-order valence-corrected chi connectivity index (χ3v) is 5.46. The van der Waals surface area contributed by atoms with Crippen LogP contribution in [0, 0.1) is 5.92 Å². The van der Waals surface area contributed by atoms with Gasteiger partial charge in [0.05, 0.1) is 18.3 Å². The van der Waals surface area contributed by atoms with Crippen LogP contribution in [0.3, 0.4) is 0 Å². The Bertz CT molecular complexity index is 752. The SMILES string of the molecule is CCC[C@@H](C)Oc1ccc(C(=O)Oc2ccc(OCCCCCC(C)CC)cc2)cc1. The van der Waals surface area contributed by atoms with Gasteiger partial charge in [-0.1, -0.05) is 52.9 Å². The molecular weight excluding hydrogens is 388 g/mol. The number of benzene rings is 2. The molecule has 0 fully saturated rings. The van der Waals surface area contributed by atoms with Gasteiger partial charge in [0.25, 0.3) is 0 Å². The van der Waals surface area contributed by atoms with E-state index >= 15 is 0 Å². The standard InChI is InChI=1S/C27H38O4/c1-5-10-22(4)30-25-14-12-23(13-15-25)27(28)31-26-18-16-24(17-19-26)29-20-9-7-8-11-21(3)6-2/h12-19,21-22H,5-11,20H2,1-4H3/t21?,22-/m1/s1. The summed E-state index contributed by atoms with van der Waals surface area (Å²) >= 11 is 0. The Morgan fingerprint density at radius 1 is 0.806 bits per heavy atom. The third-order valence-electron chi connectivity index (χ3n) is 5.46. The Hall–Kier alpha value is -2.49. The zero-order chi connectivity index (χ0) is 22.5. The van der Waals surface area contributed by atoms with Crippen LogP contribution in [0.4, 0.5) is 0 Å². The molecule has 0 aromatic heterocycles. The highest BCUT2D eigenvalue weighted by Crippen LogP contribution is 2.21. The van der Waals surface area contributed by atoms with E-state index in [1.54, 1.807) is 24.3 Å². The molecule has 170 valence electrons. The predicted octanol–water partition coefficient (Wildman–Crippen LogP) is 7.46. The monoisotopic (exact) mass is 426 g/mol. The maximum atomic E-state index is 12.4. The second kappa shape index (κ2) is 13.7. The van der Waals surface area contributed by atoms with Crippen molar-refractivity contribution in [3.63, 3.8) is 0 Å². The molecule has 4 nitrogen and oxygen atoms in total. The molecule has 0 radical (unpaired) electrons. The van der Waals surface area contributed by atoms with Gasteiger partial charge >= 0.3 is 5.97 Å². The van der Waals surface area contributed by atoms with Crippen LogP contribution in [-0.2, 0) is 0 Å². The van der Waals surface area contributed by atoms with E-state index in [1.807, 2.05) is 31.2 Å². The lowest BCUT2D eigenvalue weighted by molar-refractivity contribution is 0.0734. The maximum Gasteiger partial charge on any atom is 0.343 e. The lowest BCUT2D eigenvalue weighted by Crippen LogP contribution is -2.11. The van der Waals surface area contributed by atoms with Gasteiger partial charge in [-0.3, -0.25) is 0 Å². The minimum Gasteiger partial charge on any atom is -0.494 e. The molecule has 0 aliphatic carbocycles. The summed E-state index contributed by atoms with van der Waals surface area (Å²) in [6.45, 7) is 9.45. The minimum absolute atomic E-state index is 0.160. The van der Waals surface area contributed by atoms with E-state index in [0.717, 1.165) is 36.7 Å². The van der Waals surface area contributed by atoms with Gasteiger partial charge in [0, 0.05) is 0 Å². The van der Waals surface area contributed by atoms with Crippen LogP contribution < -0.4 is 14.2 Å². The average Bonchev–Trinajstić information content (AvgIpc) is 2.77. The van der Waals surface area contributed by atoms with Crippen molar-refractivity contribution in [1.29, 1.82) is 0 Å². The van der Waals surface area contributed by atoms with Crippen LogP contribution in [0.25, 0.3) is 0 Å². The van der Waals surface area contributed by atoms with Crippen molar-refractivity contribution in [1.82, 2.24) is 0 Å². The van der Waals surface area contributed by atoms with Gasteiger partial charge in [0.15, 0.2) is 0 Å². The van der Waals surface area contributed by atoms with Gasteiger partial charge < -0.3 is 14.2 Å². The molecule has 0 N–H and O–H groups in total. The van der Waals surface area contributed by atoms with Gasteiger partial charge in [-0.2, -0.15) is 0 Å². The Morgan fingerprint density at radius 3 is 2.10 bits per heavy atom. The number of esters is 1. The highest BCUT2D eigenvalue weighted by Gasteiger charge is 2.10. The highest BCUT2D eigenvalue weighted by atomic mass is 16.5. The Kier molecular flexibility index (Phi) is 11.0. The van der Waals surface area contributed by atoms with E-state index in [2.05, 4.69) is 20.8 Å². The molecule has 2 aromatic rings. The van der Waals surface area contributed by atoms with Crippen molar-refractivity contribution >= 4 is 5.97 Å². The summed E-state index contributed by atoms with van der Waals surface area (Å²) in [7, 11) is 0. The summed E-state index contributed by atoms with van der Waals surface area (Å²) in [6, 6.07) is 14.3. The van der Waals surface area contributed by atoms with E-state index in [1.165, 1.54) is 25.7 Å². The van der Waals surface area contributed by atoms with Crippen LogP contribution in [0.1, 0.15) is 83.0 Å². The molecule has 0 aliphatic rings. The quantitative estimate of drug-likeness (QED) is 0.179. The number of hydrogen-bond donors (Lipinski definition) is 0. The number of carbonyl (C=O) groups is 1. The largest absolute Gasteiger partial charge is 0.494 e. The summed E-state index contributed by atoms with van der Waals surface area (Å²) in [5.41, 5.74) is 0.494. The second-order valence-corrected chi connectivity index (χ2v) is 8.31. The van der Waals surface area contributed by atoms with Gasteiger partial charge in [-0.05, 0) is 74.2 Å². The number of ether oxygens (including phenoxy) is 3. The van der Waals surface area contributed by atoms with Crippen molar-refractivity contribution in [3.05, 3.63) is 54.1 Å². The highest BCUT2D eigenvalue weighted by molar-refractivity contribution is 5.91. The first-order valence-electron chi connectivity index (χ1n) is 11.7. The zero-order valence-corrected chi connectivity index (χ0v) is 19.6. The lowest BCUT2D eigenvalue weighted by Gasteiger charge is -2.13. The van der Waals surface area contributed by atoms with E-state index in [9.17, 15) is 4.79 Å². The molecule has 0 saturated carbocycles. The van der Waals surface area contributed by atoms with E-state index in [0.29, 0.717) is 17.9 Å². The van der Waals surface area contributed by atoms with Gasteiger partial charge in [0.2, 0.25) is 0 Å². The first-order valence-corrected chi connectivity index (χ1v) is 11.7. The number of carbonyl (C=O) groups excluding carboxylic acids is 1. The topological polar surface area (TPSA) is 44.8 Å². The molecule has 2 atom stereocenters. The fraction of sp³-hybridized carbons (Fsp3) is 0.519. The van der Waals surface area contributed by atoms with Gasteiger partial charge in [-0.25, -0.2) is 4.79 Å². The molecule has 0 saturated heterocycles. The summed E-state index contributed by atoms with van der Waals surface area (Å²) in [6.07, 6.45) is 8.31. The number of rotatable bonds is 14. The average molecular weight is 427 g/mol. The van der Waals surface area contributed by atoms with Crippen LogP contribution >= 0.6 is 0 Å². The molecule has 0 bridgehead atoms. The summed E-state index contributed by atoms with van der Waals surface area (Å²) in [5, 5.41) is 0. The maximum absolute atomic E-state index is 12.4. The molecule has 0 heterocycles. The Morgan fingerprint density at radius 2 is 1.45 bits per heavy atom. The van der Waals surface area contributed by atoms with Crippen molar-refractivity contribution in [3.8, 4) is 17.2 Å². The molecule has 0 amide bonds. The lowest BCUT2D eigenvalue weighted by atomic mass is 10.0. The first kappa shape index (κ1) is 24.8. The molecule has 0 spiro atoms. The summed E-state index contributed by atoms with van der Waals surface area (Å²) in [5.74, 6) is 2.49. The van der Waals surface area contributed by atoms with Crippen molar-refractivity contribution in [2.75, 3.05) is 6.61 Å². The summed E-state index contributed by atoms with van der Waals surface area (Å²) in [4.78, 5) is 12.4. The molecule has 31 heavy (non-hydrogen) atoms. The van der Waals surface area contributed by atoms with Crippen LogP contribution in [0.15, 0.2) is 48.5 Å². The molecular formula is C27H38O4. The molecule has 4 heteroatoms. The van der Waals surface area contributed by atoms with Gasteiger partial charge in [-0.15, -0.1) is 0 Å². The second-order valence-electron chi connectivity index (χ2n) is 8.31. The third kappa shape index (κ3) is 9.46. The molecule has 2 aromatic carbocycles. The molecule has 1 unspecified atom stereocenters. The number of hydrogen-bond acceptors (Lipinski definition) is 4. The van der Waals surface area contributed by atoms with E-state index in [4.69, 9.17) is 14.2 Å². The first-order chi connectivity index (χ1) is 15.0. The fourth-order valence-corrected chi connectivity index (χ4v) is 3.30. The number of unbranched alkanes of at least 4 members (excludes halogenated alkanes) is 2. The van der Waals surface area contributed by atoms with Crippen molar-refractivity contribution in [2.24, 2.45) is 5.92 Å². The van der Waals surface area contributed by atoms with E-state index in [-0.39, 0.29) is 12.1 Å². The normalized spacial score (nSPS) is 12.8. The molecule has 0 aliphatic heterocycles. The van der Waals surface area contributed by atoms with Crippen LogP contribution in [0.2, 0.25) is 0 Å². The van der Waals surface area contributed by atoms with Crippen LogP contribution in [-0.4, -0.2) is 18.7 Å². The van der Waals surface area contributed by atoms with Gasteiger partial charge in [0.1, 0.15) is 17.2 Å². The Balaban J connectivity index is 1.73. The predicted molar refractivity (Wildman–Crippen MR) is 126 cm³/mol. The summed E-state index contributed by atoms with van der Waals surface area (Å²) < 4.78 is 17.1. The minimum atomic E-state index is -0.386. The van der Waals surface area contributed by atoms with E-state index < -0.39 is 0 Å². The fourth-order valence-electron chi connectivity index (χ4n) is 3.30. The molecule has 2 rings (SSSR count). The van der Waals surface area contributed by atoms with Crippen molar-refractivity contribution in [2.45, 2.75) is 78.7 Å². The smallest absolute Gasteiger partial charge is 0.343 e.